The average Bonchev–Trinajstić information content (AvgIpc) is 2.29. The molecule has 1 rings (SSSR count). The SMILES string of the molecule is C/C=C/COc1ccc([N+](=O)[O-])cc1C#N. The molecule has 0 spiro atoms. The molecular formula is C11H10N2O3. The van der Waals surface area contributed by atoms with Gasteiger partial charge in [-0.2, -0.15) is 5.26 Å². The Hall–Kier alpha value is -2.35. The van der Waals surface area contributed by atoms with Crippen molar-refractivity contribution in [2.24, 2.45) is 0 Å². The number of benzene rings is 1. The highest BCUT2D eigenvalue weighted by Crippen LogP contribution is 2.23. The fourth-order valence-electron chi connectivity index (χ4n) is 1.08. The highest BCUT2D eigenvalue weighted by atomic mass is 16.6. The van der Waals surface area contributed by atoms with Crippen LogP contribution >= 0.6 is 0 Å². The predicted octanol–water partition coefficient (Wildman–Crippen LogP) is 2.42. The molecule has 0 amide bonds. The third kappa shape index (κ3) is 2.82. The Morgan fingerprint density at radius 1 is 1.62 bits per heavy atom. The first-order chi connectivity index (χ1) is 7.69. The van der Waals surface area contributed by atoms with Gasteiger partial charge in [-0.15, -0.1) is 0 Å². The highest BCUT2D eigenvalue weighted by molar-refractivity contribution is 5.50. The van der Waals surface area contributed by atoms with Gasteiger partial charge in [-0.05, 0) is 13.0 Å². The van der Waals surface area contributed by atoms with Gasteiger partial charge in [0, 0.05) is 12.1 Å². The van der Waals surface area contributed by atoms with E-state index >= 15 is 0 Å². The Balaban J connectivity index is 2.94. The molecule has 0 atom stereocenters. The van der Waals surface area contributed by atoms with E-state index in [9.17, 15) is 10.1 Å². The van der Waals surface area contributed by atoms with Gasteiger partial charge >= 0.3 is 0 Å². The number of nitriles is 1. The van der Waals surface area contributed by atoms with Crippen LogP contribution in [0, 0.1) is 21.4 Å². The molecule has 0 unspecified atom stereocenters. The van der Waals surface area contributed by atoms with Crippen LogP contribution in [0.15, 0.2) is 30.4 Å². The minimum atomic E-state index is -0.545. The molecule has 0 heterocycles. The van der Waals surface area contributed by atoms with Gasteiger partial charge in [-0.25, -0.2) is 0 Å². The van der Waals surface area contributed by atoms with E-state index in [1.165, 1.54) is 18.2 Å². The van der Waals surface area contributed by atoms with Gasteiger partial charge in [0.2, 0.25) is 0 Å². The van der Waals surface area contributed by atoms with Gasteiger partial charge in [0.15, 0.2) is 0 Å². The van der Waals surface area contributed by atoms with Crippen molar-refractivity contribution in [3.8, 4) is 11.8 Å². The first kappa shape index (κ1) is 11.7. The Morgan fingerprint density at radius 3 is 2.94 bits per heavy atom. The molecular weight excluding hydrogens is 208 g/mol. The molecule has 0 aliphatic heterocycles. The van der Waals surface area contributed by atoms with Gasteiger partial charge < -0.3 is 4.74 Å². The second-order valence-corrected chi connectivity index (χ2v) is 2.93. The van der Waals surface area contributed by atoms with Crippen molar-refractivity contribution in [2.75, 3.05) is 6.61 Å². The van der Waals surface area contributed by atoms with Crippen molar-refractivity contribution in [3.05, 3.63) is 46.0 Å². The van der Waals surface area contributed by atoms with E-state index in [-0.39, 0.29) is 11.3 Å². The van der Waals surface area contributed by atoms with E-state index < -0.39 is 4.92 Å². The lowest BCUT2D eigenvalue weighted by molar-refractivity contribution is -0.384. The zero-order valence-electron chi connectivity index (χ0n) is 8.71. The molecule has 1 aromatic rings. The predicted molar refractivity (Wildman–Crippen MR) is 58.1 cm³/mol. The van der Waals surface area contributed by atoms with E-state index in [2.05, 4.69) is 0 Å². The molecule has 0 saturated heterocycles. The quantitative estimate of drug-likeness (QED) is 0.441. The van der Waals surface area contributed by atoms with Crippen molar-refractivity contribution in [2.45, 2.75) is 6.92 Å². The molecule has 16 heavy (non-hydrogen) atoms. The monoisotopic (exact) mass is 218 g/mol. The van der Waals surface area contributed by atoms with Gasteiger partial charge in [-0.1, -0.05) is 12.2 Å². The van der Waals surface area contributed by atoms with E-state index in [4.69, 9.17) is 10.00 Å². The third-order valence-electron chi connectivity index (χ3n) is 1.87. The molecule has 0 aliphatic rings. The van der Waals surface area contributed by atoms with Crippen molar-refractivity contribution < 1.29 is 9.66 Å². The lowest BCUT2D eigenvalue weighted by Crippen LogP contribution is -1.97. The Labute approximate surface area is 92.7 Å². The normalized spacial score (nSPS) is 10.0. The lowest BCUT2D eigenvalue weighted by Gasteiger charge is -2.04. The molecule has 5 heteroatoms. The van der Waals surface area contributed by atoms with Crippen molar-refractivity contribution in [1.82, 2.24) is 0 Å². The summed E-state index contributed by atoms with van der Waals surface area (Å²) in [6.07, 6.45) is 3.60. The van der Waals surface area contributed by atoms with Crippen molar-refractivity contribution in [3.63, 3.8) is 0 Å². The smallest absolute Gasteiger partial charge is 0.271 e. The highest BCUT2D eigenvalue weighted by Gasteiger charge is 2.10. The van der Waals surface area contributed by atoms with E-state index in [0.29, 0.717) is 12.4 Å². The summed E-state index contributed by atoms with van der Waals surface area (Å²) >= 11 is 0. The summed E-state index contributed by atoms with van der Waals surface area (Å²) in [5.74, 6) is 0.353. The van der Waals surface area contributed by atoms with Crippen LogP contribution in [0.1, 0.15) is 12.5 Å². The molecule has 0 aromatic heterocycles. The summed E-state index contributed by atoms with van der Waals surface area (Å²) in [6.45, 7) is 2.19. The van der Waals surface area contributed by atoms with E-state index in [0.717, 1.165) is 0 Å². The molecule has 0 fully saturated rings. The molecule has 82 valence electrons. The maximum atomic E-state index is 10.5. The van der Waals surface area contributed by atoms with Gasteiger partial charge in [0.05, 0.1) is 4.92 Å². The number of nitro groups is 1. The molecule has 0 saturated carbocycles. The lowest BCUT2D eigenvalue weighted by atomic mass is 10.2. The van der Waals surface area contributed by atoms with Crippen LogP contribution in [0.2, 0.25) is 0 Å². The number of hydrogen-bond acceptors (Lipinski definition) is 4. The summed E-state index contributed by atoms with van der Waals surface area (Å²) in [6, 6.07) is 5.81. The standard InChI is InChI=1S/C11H10N2O3/c1-2-3-6-16-11-5-4-10(13(14)15)7-9(11)8-12/h2-5,7H,6H2,1H3/b3-2+. The number of nitro benzene ring substituents is 1. The first-order valence-corrected chi connectivity index (χ1v) is 4.61. The van der Waals surface area contributed by atoms with Gasteiger partial charge in [0.1, 0.15) is 24.0 Å². The number of ether oxygens (including phenoxy) is 1. The summed E-state index contributed by atoms with van der Waals surface area (Å²) in [7, 11) is 0. The summed E-state index contributed by atoms with van der Waals surface area (Å²) in [4.78, 5) is 9.94. The minimum Gasteiger partial charge on any atom is -0.488 e. The van der Waals surface area contributed by atoms with Crippen LogP contribution < -0.4 is 4.74 Å². The van der Waals surface area contributed by atoms with Crippen LogP contribution in [0.3, 0.4) is 0 Å². The maximum Gasteiger partial charge on any atom is 0.271 e. The van der Waals surface area contributed by atoms with Crippen molar-refractivity contribution >= 4 is 5.69 Å². The molecule has 0 radical (unpaired) electrons. The molecule has 5 nitrogen and oxygen atoms in total. The fraction of sp³-hybridized carbons (Fsp3) is 0.182. The second kappa shape index (κ2) is 5.51. The van der Waals surface area contributed by atoms with Crippen LogP contribution in [-0.2, 0) is 0 Å². The van der Waals surface area contributed by atoms with Crippen molar-refractivity contribution in [1.29, 1.82) is 5.26 Å². The molecule has 0 N–H and O–H groups in total. The van der Waals surface area contributed by atoms with Crippen LogP contribution in [0.5, 0.6) is 5.75 Å². The number of allylic oxidation sites excluding steroid dienone is 1. The Bertz CT molecular complexity index is 461. The number of nitrogens with zero attached hydrogens (tertiary/aromatic N) is 2. The molecule has 0 aliphatic carbocycles. The Kier molecular flexibility index (Phi) is 4.04. The first-order valence-electron chi connectivity index (χ1n) is 4.61. The van der Waals surface area contributed by atoms with Crippen LogP contribution in [0.25, 0.3) is 0 Å². The van der Waals surface area contributed by atoms with Gasteiger partial charge in [-0.3, -0.25) is 10.1 Å². The molecule has 1 aromatic carbocycles. The Morgan fingerprint density at radius 2 is 2.38 bits per heavy atom. The number of rotatable bonds is 4. The summed E-state index contributed by atoms with van der Waals surface area (Å²) in [5, 5.41) is 19.3. The van der Waals surface area contributed by atoms with E-state index in [1.54, 1.807) is 6.08 Å². The number of non-ortho nitro benzene ring substituents is 1. The topological polar surface area (TPSA) is 76.2 Å². The summed E-state index contributed by atoms with van der Waals surface area (Å²) in [5.41, 5.74) is 0.0497. The average molecular weight is 218 g/mol. The minimum absolute atomic E-state index is 0.116. The molecule has 0 bridgehead atoms. The van der Waals surface area contributed by atoms with E-state index in [1.807, 2.05) is 19.1 Å². The third-order valence-corrected chi connectivity index (χ3v) is 1.87. The zero-order valence-corrected chi connectivity index (χ0v) is 8.71. The van der Waals surface area contributed by atoms with Crippen LogP contribution in [0.4, 0.5) is 5.69 Å². The zero-order chi connectivity index (χ0) is 12.0. The fourth-order valence-corrected chi connectivity index (χ4v) is 1.08. The summed E-state index contributed by atoms with van der Waals surface area (Å²) < 4.78 is 5.27. The largest absolute Gasteiger partial charge is 0.488 e. The second-order valence-electron chi connectivity index (χ2n) is 2.93. The van der Waals surface area contributed by atoms with Crippen LogP contribution in [-0.4, -0.2) is 11.5 Å². The number of hydrogen-bond donors (Lipinski definition) is 0. The maximum absolute atomic E-state index is 10.5. The van der Waals surface area contributed by atoms with Gasteiger partial charge in [0.25, 0.3) is 5.69 Å².